The molecular formula is C13H17FN2O3S. The molecule has 1 aromatic rings. The van der Waals surface area contributed by atoms with Crippen LogP contribution in [0.25, 0.3) is 0 Å². The maximum atomic E-state index is 14.3. The molecule has 3 rings (SSSR count). The lowest BCUT2D eigenvalue weighted by Gasteiger charge is -2.41. The van der Waals surface area contributed by atoms with Gasteiger partial charge in [0.1, 0.15) is 0 Å². The zero-order valence-corrected chi connectivity index (χ0v) is 11.8. The minimum Gasteiger partial charge on any atom is -0.355 e. The predicted molar refractivity (Wildman–Crippen MR) is 71.4 cm³/mol. The Balaban J connectivity index is 2.00. The number of benzene rings is 1. The summed E-state index contributed by atoms with van der Waals surface area (Å²) in [5, 5.41) is 2.92. The maximum Gasteiger partial charge on any atom is 0.245 e. The molecule has 0 radical (unpaired) electrons. The average Bonchev–Trinajstić information content (AvgIpc) is 2.89. The van der Waals surface area contributed by atoms with Crippen LogP contribution in [0.15, 0.2) is 35.2 Å². The first-order valence-electron chi connectivity index (χ1n) is 6.64. The maximum absolute atomic E-state index is 14.3. The Morgan fingerprint density at radius 3 is 2.80 bits per heavy atom. The van der Waals surface area contributed by atoms with Crippen LogP contribution < -0.4 is 5.32 Å². The fourth-order valence-corrected chi connectivity index (χ4v) is 4.60. The van der Waals surface area contributed by atoms with Crippen LogP contribution in [0.2, 0.25) is 0 Å². The summed E-state index contributed by atoms with van der Waals surface area (Å²) >= 11 is 0. The number of nitrogens with zero attached hydrogens (tertiary/aromatic N) is 1. The quantitative estimate of drug-likeness (QED) is 0.875. The molecule has 110 valence electrons. The van der Waals surface area contributed by atoms with Gasteiger partial charge in [-0.2, -0.15) is 4.31 Å². The van der Waals surface area contributed by atoms with E-state index in [9.17, 15) is 12.8 Å². The van der Waals surface area contributed by atoms with E-state index in [0.717, 1.165) is 0 Å². The highest BCUT2D eigenvalue weighted by Crippen LogP contribution is 2.38. The molecule has 0 bridgehead atoms. The van der Waals surface area contributed by atoms with Gasteiger partial charge in [-0.25, -0.2) is 12.8 Å². The lowest BCUT2D eigenvalue weighted by Crippen LogP contribution is -2.61. The molecule has 0 amide bonds. The molecule has 0 aromatic heterocycles. The molecule has 2 saturated heterocycles. The zero-order valence-electron chi connectivity index (χ0n) is 11.0. The standard InChI is InChI=1S/C13H17FN2O3S/c14-12-10-15-7-6-13(12)16(8-9-19-13)20(17,18)11-4-2-1-3-5-11/h1-5,12,15H,6-10H2/t12-,13-/m0/s1. The van der Waals surface area contributed by atoms with Gasteiger partial charge in [-0.15, -0.1) is 0 Å². The molecular weight excluding hydrogens is 283 g/mol. The van der Waals surface area contributed by atoms with Crippen LogP contribution in [-0.2, 0) is 14.8 Å². The van der Waals surface area contributed by atoms with Gasteiger partial charge in [-0.3, -0.25) is 0 Å². The molecule has 2 aliphatic heterocycles. The molecule has 0 unspecified atom stereocenters. The second-order valence-electron chi connectivity index (χ2n) is 5.01. The molecule has 2 atom stereocenters. The van der Waals surface area contributed by atoms with Gasteiger partial charge in [0, 0.05) is 19.5 Å². The number of hydrogen-bond acceptors (Lipinski definition) is 4. The Bertz CT molecular complexity index is 581. The van der Waals surface area contributed by atoms with Crippen molar-refractivity contribution in [3.63, 3.8) is 0 Å². The third-order valence-electron chi connectivity index (χ3n) is 3.87. The highest BCUT2D eigenvalue weighted by molar-refractivity contribution is 7.89. The van der Waals surface area contributed by atoms with Crippen LogP contribution in [0.4, 0.5) is 4.39 Å². The molecule has 0 aliphatic carbocycles. The molecule has 1 N–H and O–H groups in total. The van der Waals surface area contributed by atoms with Gasteiger partial charge in [0.05, 0.1) is 11.5 Å². The van der Waals surface area contributed by atoms with Gasteiger partial charge >= 0.3 is 0 Å². The number of sulfonamides is 1. The SMILES string of the molecule is O=S(=O)(c1ccccc1)N1CCO[C@]12CCNC[C@@H]2F. The van der Waals surface area contributed by atoms with Crippen molar-refractivity contribution in [2.24, 2.45) is 0 Å². The zero-order chi connectivity index (χ0) is 14.2. The molecule has 0 saturated carbocycles. The van der Waals surface area contributed by atoms with E-state index in [4.69, 9.17) is 4.74 Å². The van der Waals surface area contributed by atoms with Crippen molar-refractivity contribution >= 4 is 10.0 Å². The van der Waals surface area contributed by atoms with E-state index < -0.39 is 21.9 Å². The minimum atomic E-state index is -3.74. The van der Waals surface area contributed by atoms with Crippen molar-refractivity contribution < 1.29 is 17.5 Å². The molecule has 1 aromatic carbocycles. The number of ether oxygens (including phenoxy) is 1. The van der Waals surface area contributed by atoms with E-state index in [1.165, 1.54) is 16.4 Å². The molecule has 7 heteroatoms. The van der Waals surface area contributed by atoms with Crippen LogP contribution in [0.5, 0.6) is 0 Å². The minimum absolute atomic E-state index is 0.112. The fourth-order valence-electron chi connectivity index (χ4n) is 2.87. The van der Waals surface area contributed by atoms with Gasteiger partial charge in [0.25, 0.3) is 0 Å². The molecule has 1 spiro atoms. The van der Waals surface area contributed by atoms with Crippen molar-refractivity contribution in [3.8, 4) is 0 Å². The normalized spacial score (nSPS) is 31.8. The highest BCUT2D eigenvalue weighted by atomic mass is 32.2. The lowest BCUT2D eigenvalue weighted by atomic mass is 10.0. The smallest absolute Gasteiger partial charge is 0.245 e. The van der Waals surface area contributed by atoms with Crippen molar-refractivity contribution in [2.75, 3.05) is 26.2 Å². The fraction of sp³-hybridized carbons (Fsp3) is 0.538. The van der Waals surface area contributed by atoms with E-state index >= 15 is 0 Å². The topological polar surface area (TPSA) is 58.6 Å². The number of hydrogen-bond donors (Lipinski definition) is 1. The van der Waals surface area contributed by atoms with Gasteiger partial charge in [0.15, 0.2) is 11.9 Å². The Morgan fingerprint density at radius 2 is 2.10 bits per heavy atom. The predicted octanol–water partition coefficient (Wildman–Crippen LogP) is 0.735. The first-order chi connectivity index (χ1) is 9.57. The Morgan fingerprint density at radius 1 is 1.35 bits per heavy atom. The van der Waals surface area contributed by atoms with Crippen molar-refractivity contribution in [2.45, 2.75) is 23.2 Å². The van der Waals surface area contributed by atoms with E-state index in [2.05, 4.69) is 5.32 Å². The number of piperidine rings is 1. The molecule has 5 nitrogen and oxygen atoms in total. The Labute approximate surface area is 117 Å². The summed E-state index contributed by atoms with van der Waals surface area (Å²) in [6, 6.07) is 8.11. The largest absolute Gasteiger partial charge is 0.355 e. The van der Waals surface area contributed by atoms with Crippen LogP contribution in [0.1, 0.15) is 6.42 Å². The van der Waals surface area contributed by atoms with Gasteiger partial charge in [-0.1, -0.05) is 18.2 Å². The monoisotopic (exact) mass is 300 g/mol. The summed E-state index contributed by atoms with van der Waals surface area (Å²) in [5.41, 5.74) is -1.35. The van der Waals surface area contributed by atoms with Crippen molar-refractivity contribution in [1.29, 1.82) is 0 Å². The van der Waals surface area contributed by atoms with Crippen LogP contribution >= 0.6 is 0 Å². The molecule has 2 fully saturated rings. The van der Waals surface area contributed by atoms with Crippen LogP contribution in [-0.4, -0.2) is 50.9 Å². The molecule has 20 heavy (non-hydrogen) atoms. The van der Waals surface area contributed by atoms with Gasteiger partial charge in [-0.05, 0) is 18.7 Å². The molecule has 2 aliphatic rings. The van der Waals surface area contributed by atoms with Crippen molar-refractivity contribution in [1.82, 2.24) is 9.62 Å². The Hall–Kier alpha value is -1.02. The third kappa shape index (κ3) is 2.05. The molecule has 2 heterocycles. The van der Waals surface area contributed by atoms with Crippen LogP contribution in [0.3, 0.4) is 0 Å². The summed E-state index contributed by atoms with van der Waals surface area (Å²) in [5.74, 6) is 0. The second-order valence-corrected chi connectivity index (χ2v) is 6.87. The summed E-state index contributed by atoms with van der Waals surface area (Å²) in [6.45, 7) is 1.08. The van der Waals surface area contributed by atoms with Crippen LogP contribution in [0, 0.1) is 0 Å². The van der Waals surface area contributed by atoms with E-state index in [0.29, 0.717) is 13.0 Å². The van der Waals surface area contributed by atoms with E-state index in [-0.39, 0.29) is 24.6 Å². The highest BCUT2D eigenvalue weighted by Gasteiger charge is 2.55. The van der Waals surface area contributed by atoms with Gasteiger partial charge < -0.3 is 10.1 Å². The van der Waals surface area contributed by atoms with E-state index in [1.54, 1.807) is 18.2 Å². The number of alkyl halides is 1. The van der Waals surface area contributed by atoms with Crippen molar-refractivity contribution in [3.05, 3.63) is 30.3 Å². The second kappa shape index (κ2) is 5.07. The summed E-state index contributed by atoms with van der Waals surface area (Å²) in [6.07, 6.45) is -1.04. The summed E-state index contributed by atoms with van der Waals surface area (Å²) in [4.78, 5) is 0.176. The number of nitrogens with one attached hydrogen (secondary N) is 1. The summed E-state index contributed by atoms with van der Waals surface area (Å²) < 4.78 is 46.5. The summed E-state index contributed by atoms with van der Waals surface area (Å²) in [7, 11) is -3.74. The third-order valence-corrected chi connectivity index (χ3v) is 5.81. The average molecular weight is 300 g/mol. The lowest BCUT2D eigenvalue weighted by molar-refractivity contribution is -0.120. The first-order valence-corrected chi connectivity index (χ1v) is 8.08. The Kier molecular flexibility index (Phi) is 3.53. The van der Waals surface area contributed by atoms with Gasteiger partial charge in [0.2, 0.25) is 10.0 Å². The number of halogens is 1. The van der Waals surface area contributed by atoms with E-state index in [1.807, 2.05) is 0 Å². The number of rotatable bonds is 2. The first kappa shape index (κ1) is 13.9.